The molecule has 1 amide bonds. The van der Waals surface area contributed by atoms with E-state index in [-0.39, 0.29) is 17.3 Å². The number of nitrogens with zero attached hydrogens (tertiary/aromatic N) is 1. The Morgan fingerprint density at radius 2 is 1.70 bits per heavy atom. The Kier molecular flexibility index (Phi) is 6.40. The van der Waals surface area contributed by atoms with Crippen molar-refractivity contribution in [3.05, 3.63) is 82.9 Å². The number of nitrogens with one attached hydrogen (secondary N) is 1. The molecule has 0 radical (unpaired) electrons. The van der Waals surface area contributed by atoms with E-state index in [9.17, 15) is 13.2 Å². The second kappa shape index (κ2) is 9.25. The maximum absolute atomic E-state index is 13.0. The van der Waals surface area contributed by atoms with Gasteiger partial charge < -0.3 is 14.4 Å². The van der Waals surface area contributed by atoms with Gasteiger partial charge in [0.2, 0.25) is 10.0 Å². The Balaban J connectivity index is 1.52. The van der Waals surface area contributed by atoms with E-state index >= 15 is 0 Å². The lowest BCUT2D eigenvalue weighted by molar-refractivity contribution is 0.0989. The van der Waals surface area contributed by atoms with E-state index in [0.717, 1.165) is 28.8 Å². The highest BCUT2D eigenvalue weighted by atomic mass is 32.2. The smallest absolute Gasteiger partial charge is 0.258 e. The molecule has 0 saturated heterocycles. The molecule has 4 rings (SSSR count). The van der Waals surface area contributed by atoms with Crippen LogP contribution >= 0.6 is 0 Å². The number of methoxy groups -OCH3 is 2. The predicted octanol–water partition coefficient (Wildman–Crippen LogP) is 3.69. The molecule has 0 aromatic heterocycles. The van der Waals surface area contributed by atoms with E-state index in [0.29, 0.717) is 23.6 Å². The van der Waals surface area contributed by atoms with Crippen LogP contribution in [0.3, 0.4) is 0 Å². The number of fused-ring (bicyclic) bond motifs is 1. The molecule has 172 valence electrons. The minimum Gasteiger partial charge on any atom is -0.493 e. The van der Waals surface area contributed by atoms with Gasteiger partial charge in [-0.1, -0.05) is 29.8 Å². The number of hydrogen-bond donors (Lipinski definition) is 1. The molecule has 0 saturated carbocycles. The van der Waals surface area contributed by atoms with Crippen LogP contribution in [-0.4, -0.2) is 35.1 Å². The zero-order chi connectivity index (χ0) is 23.6. The predicted molar refractivity (Wildman–Crippen MR) is 127 cm³/mol. The standard InChI is InChI=1S/C25H26N2O5S/c1-17-4-7-20(8-5-17)25(28)27-13-12-19-9-6-18(14-22(19)27)16-26-33(29,30)21-10-11-23(31-2)24(15-21)32-3/h4-11,14-15,26H,12-13,16H2,1-3H3. The van der Waals surface area contributed by atoms with E-state index in [4.69, 9.17) is 9.47 Å². The van der Waals surface area contributed by atoms with Gasteiger partial charge >= 0.3 is 0 Å². The normalized spacial score (nSPS) is 13.0. The number of benzene rings is 3. The number of anilines is 1. The van der Waals surface area contributed by atoms with Crippen molar-refractivity contribution in [2.75, 3.05) is 25.7 Å². The van der Waals surface area contributed by atoms with Crippen molar-refractivity contribution in [2.45, 2.75) is 24.8 Å². The highest BCUT2D eigenvalue weighted by Crippen LogP contribution is 2.31. The molecule has 1 heterocycles. The Labute approximate surface area is 194 Å². The van der Waals surface area contributed by atoms with Crippen molar-refractivity contribution in [3.8, 4) is 11.5 Å². The SMILES string of the molecule is COc1ccc(S(=O)(=O)NCc2ccc3c(c2)N(C(=O)c2ccc(C)cc2)CC3)cc1OC. The van der Waals surface area contributed by atoms with Gasteiger partial charge in [-0.05, 0) is 54.8 Å². The summed E-state index contributed by atoms with van der Waals surface area (Å²) in [6.45, 7) is 2.67. The number of rotatable bonds is 7. The van der Waals surface area contributed by atoms with Crippen molar-refractivity contribution < 1.29 is 22.7 Å². The fourth-order valence-electron chi connectivity index (χ4n) is 3.84. The monoisotopic (exact) mass is 466 g/mol. The lowest BCUT2D eigenvalue weighted by Crippen LogP contribution is -2.29. The molecule has 0 aliphatic carbocycles. The van der Waals surface area contributed by atoms with Gasteiger partial charge in [-0.2, -0.15) is 0 Å². The molecule has 1 aliphatic rings. The third-order valence-corrected chi connectivity index (χ3v) is 7.12. The van der Waals surface area contributed by atoms with E-state index < -0.39 is 10.0 Å². The van der Waals surface area contributed by atoms with Crippen LogP contribution in [0.5, 0.6) is 11.5 Å². The topological polar surface area (TPSA) is 84.9 Å². The molecule has 7 nitrogen and oxygen atoms in total. The minimum atomic E-state index is -3.77. The molecule has 33 heavy (non-hydrogen) atoms. The quantitative estimate of drug-likeness (QED) is 0.574. The van der Waals surface area contributed by atoms with Crippen LogP contribution in [0.4, 0.5) is 5.69 Å². The summed E-state index contributed by atoms with van der Waals surface area (Å²) < 4.78 is 38.6. The molecular weight excluding hydrogens is 440 g/mol. The van der Waals surface area contributed by atoms with Crippen LogP contribution in [0.1, 0.15) is 27.0 Å². The van der Waals surface area contributed by atoms with Crippen LogP contribution in [-0.2, 0) is 23.0 Å². The van der Waals surface area contributed by atoms with Crippen molar-refractivity contribution in [1.29, 1.82) is 0 Å². The van der Waals surface area contributed by atoms with E-state index in [2.05, 4.69) is 4.72 Å². The summed E-state index contributed by atoms with van der Waals surface area (Å²) in [6, 6.07) is 17.7. The molecule has 3 aromatic rings. The number of carbonyl (C=O) groups is 1. The van der Waals surface area contributed by atoms with Crippen LogP contribution in [0.15, 0.2) is 65.6 Å². The summed E-state index contributed by atoms with van der Waals surface area (Å²) in [5.41, 5.74) is 4.39. The maximum Gasteiger partial charge on any atom is 0.258 e. The molecule has 8 heteroatoms. The Morgan fingerprint density at radius 3 is 2.39 bits per heavy atom. The van der Waals surface area contributed by atoms with Crippen molar-refractivity contribution in [2.24, 2.45) is 0 Å². The number of ether oxygens (including phenoxy) is 2. The van der Waals surface area contributed by atoms with E-state index in [1.165, 1.54) is 26.4 Å². The van der Waals surface area contributed by atoms with Crippen molar-refractivity contribution in [3.63, 3.8) is 0 Å². The number of sulfonamides is 1. The molecule has 1 N–H and O–H groups in total. The molecule has 0 fully saturated rings. The zero-order valence-electron chi connectivity index (χ0n) is 18.8. The first-order valence-corrected chi connectivity index (χ1v) is 12.0. The van der Waals surface area contributed by atoms with Crippen LogP contribution in [0.25, 0.3) is 0 Å². The summed E-state index contributed by atoms with van der Waals surface area (Å²) >= 11 is 0. The second-order valence-corrected chi connectivity index (χ2v) is 9.64. The van der Waals surface area contributed by atoms with Gasteiger partial charge in [0.25, 0.3) is 5.91 Å². The largest absolute Gasteiger partial charge is 0.493 e. The minimum absolute atomic E-state index is 0.0585. The third-order valence-electron chi connectivity index (χ3n) is 5.72. The molecule has 0 unspecified atom stereocenters. The van der Waals surface area contributed by atoms with Crippen LogP contribution < -0.4 is 19.1 Å². The van der Waals surface area contributed by atoms with Gasteiger partial charge in [0, 0.05) is 30.4 Å². The van der Waals surface area contributed by atoms with E-state index in [1.54, 1.807) is 11.0 Å². The zero-order valence-corrected chi connectivity index (χ0v) is 19.6. The summed E-state index contributed by atoms with van der Waals surface area (Å²) in [6.07, 6.45) is 0.768. The van der Waals surface area contributed by atoms with Crippen molar-refractivity contribution >= 4 is 21.6 Å². The van der Waals surface area contributed by atoms with Gasteiger partial charge in [0.15, 0.2) is 11.5 Å². The van der Waals surface area contributed by atoms with Crippen LogP contribution in [0.2, 0.25) is 0 Å². The lowest BCUT2D eigenvalue weighted by atomic mass is 10.1. The van der Waals surface area contributed by atoms with Crippen LogP contribution in [0, 0.1) is 6.92 Å². The highest BCUT2D eigenvalue weighted by Gasteiger charge is 2.26. The van der Waals surface area contributed by atoms with Gasteiger partial charge in [-0.15, -0.1) is 0 Å². The van der Waals surface area contributed by atoms with Gasteiger partial charge in [-0.25, -0.2) is 13.1 Å². The molecule has 3 aromatic carbocycles. The lowest BCUT2D eigenvalue weighted by Gasteiger charge is -2.18. The van der Waals surface area contributed by atoms with Gasteiger partial charge in [0.1, 0.15) is 0 Å². The number of aryl methyl sites for hydroxylation is 1. The number of amides is 1. The van der Waals surface area contributed by atoms with E-state index in [1.807, 2.05) is 49.4 Å². The Hall–Kier alpha value is -3.36. The average molecular weight is 467 g/mol. The molecule has 0 spiro atoms. The first-order chi connectivity index (χ1) is 15.8. The molecule has 0 bridgehead atoms. The van der Waals surface area contributed by atoms with Gasteiger partial charge in [0.05, 0.1) is 19.1 Å². The fraction of sp³-hybridized carbons (Fsp3) is 0.240. The summed E-state index contributed by atoms with van der Waals surface area (Å²) in [5.74, 6) is 0.730. The molecule has 0 atom stereocenters. The average Bonchev–Trinajstić information content (AvgIpc) is 3.25. The molecule has 1 aliphatic heterocycles. The second-order valence-electron chi connectivity index (χ2n) is 7.88. The third kappa shape index (κ3) is 4.72. The fourth-order valence-corrected chi connectivity index (χ4v) is 4.88. The Bertz CT molecular complexity index is 1290. The summed E-state index contributed by atoms with van der Waals surface area (Å²) in [7, 11) is -0.828. The number of carbonyl (C=O) groups excluding carboxylic acids is 1. The molecular formula is C25H26N2O5S. The maximum atomic E-state index is 13.0. The number of hydrogen-bond acceptors (Lipinski definition) is 5. The highest BCUT2D eigenvalue weighted by molar-refractivity contribution is 7.89. The Morgan fingerprint density at radius 1 is 0.970 bits per heavy atom. The first-order valence-electron chi connectivity index (χ1n) is 10.5. The summed E-state index contributed by atoms with van der Waals surface area (Å²) in [4.78, 5) is 14.9. The first kappa shape index (κ1) is 22.8. The van der Waals surface area contributed by atoms with Gasteiger partial charge in [-0.3, -0.25) is 4.79 Å². The summed E-state index contributed by atoms with van der Waals surface area (Å²) in [5, 5.41) is 0. The van der Waals surface area contributed by atoms with Crippen molar-refractivity contribution in [1.82, 2.24) is 4.72 Å².